The number of hydrogen-bond donors (Lipinski definition) is 1. The van der Waals surface area contributed by atoms with Crippen LogP contribution in [0.25, 0.3) is 22.4 Å². The van der Waals surface area contributed by atoms with Crippen LogP contribution in [-0.2, 0) is 17.8 Å². The molecule has 0 unspecified atom stereocenters. The standard InChI is InChI=1S/C24H24N6O2/c1-15-4-6-18(12-16(15)2)20-13-21-24-27-26-22(29(24)10-11-30(21)28-20)8-9-23(31)25-14-19-7-5-17(3)32-19/h4-7,10-13H,8-9,14H2,1-3H3,(H,25,31). The molecule has 1 aromatic carbocycles. The molecule has 8 heteroatoms. The Morgan fingerprint density at radius 3 is 2.69 bits per heavy atom. The monoisotopic (exact) mass is 428 g/mol. The van der Waals surface area contributed by atoms with Crippen molar-refractivity contribution in [3.05, 3.63) is 77.3 Å². The maximum absolute atomic E-state index is 12.3. The van der Waals surface area contributed by atoms with Crippen molar-refractivity contribution in [2.75, 3.05) is 0 Å². The fourth-order valence-electron chi connectivity index (χ4n) is 3.75. The van der Waals surface area contributed by atoms with Crippen molar-refractivity contribution < 1.29 is 9.21 Å². The molecule has 0 radical (unpaired) electrons. The molecule has 0 aliphatic rings. The van der Waals surface area contributed by atoms with Crippen molar-refractivity contribution in [1.82, 2.24) is 29.5 Å². The van der Waals surface area contributed by atoms with Gasteiger partial charge in [0.25, 0.3) is 0 Å². The van der Waals surface area contributed by atoms with Gasteiger partial charge in [-0.1, -0.05) is 12.1 Å². The molecule has 0 fully saturated rings. The van der Waals surface area contributed by atoms with E-state index >= 15 is 0 Å². The molecule has 0 bridgehead atoms. The van der Waals surface area contributed by atoms with E-state index in [0.29, 0.717) is 19.4 Å². The van der Waals surface area contributed by atoms with Gasteiger partial charge in [-0.3, -0.25) is 9.20 Å². The molecule has 1 amide bonds. The number of furan rings is 1. The minimum absolute atomic E-state index is 0.0572. The average molecular weight is 428 g/mol. The fourth-order valence-corrected chi connectivity index (χ4v) is 3.75. The Bertz CT molecular complexity index is 1440. The maximum Gasteiger partial charge on any atom is 0.220 e. The molecule has 162 valence electrons. The van der Waals surface area contributed by atoms with Gasteiger partial charge in [0.15, 0.2) is 5.65 Å². The van der Waals surface area contributed by atoms with Gasteiger partial charge in [-0.15, -0.1) is 10.2 Å². The molecule has 1 N–H and O–H groups in total. The number of aryl methyl sites for hydroxylation is 4. The molecule has 8 nitrogen and oxygen atoms in total. The van der Waals surface area contributed by atoms with E-state index < -0.39 is 0 Å². The summed E-state index contributed by atoms with van der Waals surface area (Å²) in [5.74, 6) is 2.25. The van der Waals surface area contributed by atoms with E-state index in [0.717, 1.165) is 39.8 Å². The fraction of sp³-hybridized carbons (Fsp3) is 0.250. The predicted octanol–water partition coefficient (Wildman–Crippen LogP) is 3.81. The first-order valence-electron chi connectivity index (χ1n) is 10.6. The van der Waals surface area contributed by atoms with Crippen LogP contribution in [0.4, 0.5) is 0 Å². The summed E-state index contributed by atoms with van der Waals surface area (Å²) in [5.41, 5.74) is 6.03. The lowest BCUT2D eigenvalue weighted by atomic mass is 10.0. The Labute approximate surface area is 184 Å². The number of amides is 1. The lowest BCUT2D eigenvalue weighted by Gasteiger charge is -2.03. The molecule has 0 aliphatic carbocycles. The Morgan fingerprint density at radius 2 is 1.91 bits per heavy atom. The van der Waals surface area contributed by atoms with E-state index in [1.54, 1.807) is 0 Å². The zero-order chi connectivity index (χ0) is 22.2. The Morgan fingerprint density at radius 1 is 1.03 bits per heavy atom. The molecular formula is C24H24N6O2. The molecule has 0 spiro atoms. The normalized spacial score (nSPS) is 11.5. The first-order chi connectivity index (χ1) is 15.5. The van der Waals surface area contributed by atoms with Gasteiger partial charge < -0.3 is 9.73 Å². The Hall–Kier alpha value is -3.94. The number of hydrogen-bond acceptors (Lipinski definition) is 5. The zero-order valence-corrected chi connectivity index (χ0v) is 18.3. The first kappa shape index (κ1) is 20.0. The van der Waals surface area contributed by atoms with Crippen molar-refractivity contribution in [2.24, 2.45) is 0 Å². The summed E-state index contributed by atoms with van der Waals surface area (Å²) in [6, 6.07) is 12.1. The summed E-state index contributed by atoms with van der Waals surface area (Å²) in [6.07, 6.45) is 4.58. The SMILES string of the molecule is Cc1ccc(CNC(=O)CCc2nnc3c4cc(-c5ccc(C)c(C)c5)nn4ccn23)o1. The molecule has 5 aromatic rings. The second-order valence-electron chi connectivity index (χ2n) is 8.06. The number of carbonyl (C=O) groups is 1. The minimum atomic E-state index is -0.0572. The Kier molecular flexibility index (Phi) is 4.97. The van der Waals surface area contributed by atoms with Gasteiger partial charge in [-0.25, -0.2) is 4.52 Å². The average Bonchev–Trinajstić information content (AvgIpc) is 3.50. The van der Waals surface area contributed by atoms with E-state index in [9.17, 15) is 4.79 Å². The topological polar surface area (TPSA) is 89.7 Å². The number of nitrogens with zero attached hydrogens (tertiary/aromatic N) is 5. The summed E-state index contributed by atoms with van der Waals surface area (Å²) in [7, 11) is 0. The molecule has 5 rings (SSSR count). The van der Waals surface area contributed by atoms with Gasteiger partial charge >= 0.3 is 0 Å². The molecule has 4 aromatic heterocycles. The van der Waals surface area contributed by atoms with Crippen LogP contribution in [0.1, 0.15) is 34.9 Å². The van der Waals surface area contributed by atoms with Crippen LogP contribution in [0.2, 0.25) is 0 Å². The van der Waals surface area contributed by atoms with Crippen LogP contribution in [-0.4, -0.2) is 30.1 Å². The number of benzene rings is 1. The van der Waals surface area contributed by atoms with Crippen LogP contribution < -0.4 is 5.32 Å². The van der Waals surface area contributed by atoms with Crippen molar-refractivity contribution in [3.8, 4) is 11.3 Å². The molecule has 0 saturated carbocycles. The van der Waals surface area contributed by atoms with Gasteiger partial charge in [0.1, 0.15) is 22.9 Å². The van der Waals surface area contributed by atoms with Crippen molar-refractivity contribution in [1.29, 1.82) is 0 Å². The molecule has 4 heterocycles. The van der Waals surface area contributed by atoms with Gasteiger partial charge in [0.2, 0.25) is 5.91 Å². The zero-order valence-electron chi connectivity index (χ0n) is 18.3. The van der Waals surface area contributed by atoms with Crippen molar-refractivity contribution in [3.63, 3.8) is 0 Å². The van der Waals surface area contributed by atoms with E-state index in [4.69, 9.17) is 9.52 Å². The van der Waals surface area contributed by atoms with Crippen LogP contribution in [0, 0.1) is 20.8 Å². The second kappa shape index (κ2) is 7.96. The molecule has 32 heavy (non-hydrogen) atoms. The van der Waals surface area contributed by atoms with Gasteiger partial charge in [-0.2, -0.15) is 5.10 Å². The van der Waals surface area contributed by atoms with Crippen molar-refractivity contribution >= 4 is 17.1 Å². The number of carbonyl (C=O) groups excluding carboxylic acids is 1. The van der Waals surface area contributed by atoms with Crippen LogP contribution >= 0.6 is 0 Å². The van der Waals surface area contributed by atoms with E-state index in [1.165, 1.54) is 11.1 Å². The summed E-state index contributed by atoms with van der Waals surface area (Å²) in [5, 5.41) is 16.3. The number of fused-ring (bicyclic) bond motifs is 3. The highest BCUT2D eigenvalue weighted by Gasteiger charge is 2.14. The van der Waals surface area contributed by atoms with Gasteiger partial charge in [0, 0.05) is 30.8 Å². The third kappa shape index (κ3) is 3.75. The van der Waals surface area contributed by atoms with Crippen molar-refractivity contribution in [2.45, 2.75) is 40.2 Å². The molecule has 0 saturated heterocycles. The Balaban J connectivity index is 1.34. The van der Waals surface area contributed by atoms with Crippen LogP contribution in [0.15, 0.2) is 53.2 Å². The smallest absolute Gasteiger partial charge is 0.220 e. The summed E-state index contributed by atoms with van der Waals surface area (Å²) in [4.78, 5) is 12.3. The first-order valence-corrected chi connectivity index (χ1v) is 10.6. The van der Waals surface area contributed by atoms with E-state index in [2.05, 4.69) is 47.6 Å². The highest BCUT2D eigenvalue weighted by atomic mass is 16.3. The van der Waals surface area contributed by atoms with E-state index in [-0.39, 0.29) is 5.91 Å². The number of aromatic nitrogens is 5. The van der Waals surface area contributed by atoms with Crippen LogP contribution in [0.5, 0.6) is 0 Å². The van der Waals surface area contributed by atoms with Crippen LogP contribution in [0.3, 0.4) is 0 Å². The van der Waals surface area contributed by atoms with Gasteiger partial charge in [0.05, 0.1) is 12.2 Å². The molecular weight excluding hydrogens is 404 g/mol. The lowest BCUT2D eigenvalue weighted by Crippen LogP contribution is -2.23. The lowest BCUT2D eigenvalue weighted by molar-refractivity contribution is -0.121. The van der Waals surface area contributed by atoms with Gasteiger partial charge in [-0.05, 0) is 56.2 Å². The number of rotatable bonds is 6. The summed E-state index contributed by atoms with van der Waals surface area (Å²) < 4.78 is 9.22. The maximum atomic E-state index is 12.3. The summed E-state index contributed by atoms with van der Waals surface area (Å²) in [6.45, 7) is 6.46. The third-order valence-corrected chi connectivity index (χ3v) is 5.72. The highest BCUT2D eigenvalue weighted by molar-refractivity contribution is 5.77. The second-order valence-corrected chi connectivity index (χ2v) is 8.06. The third-order valence-electron chi connectivity index (χ3n) is 5.72. The highest BCUT2D eigenvalue weighted by Crippen LogP contribution is 2.24. The molecule has 0 aliphatic heterocycles. The van der Waals surface area contributed by atoms with E-state index in [1.807, 2.05) is 46.4 Å². The number of nitrogens with one attached hydrogen (secondary N) is 1. The predicted molar refractivity (Wildman–Crippen MR) is 120 cm³/mol. The minimum Gasteiger partial charge on any atom is -0.465 e. The largest absolute Gasteiger partial charge is 0.465 e. The molecule has 0 atom stereocenters. The quantitative estimate of drug-likeness (QED) is 0.444. The summed E-state index contributed by atoms with van der Waals surface area (Å²) >= 11 is 0.